The molecule has 0 unspecified atom stereocenters. The SMILES string of the molecule is CC(=O)Cc1ccc(N=Nc2ccc(N=Nc3ccc(C(F)(F)F)cc3)cc2)cc1.Nc1ccc(N=Nc2ccc(C(F)(F)F)cc2)cc1.Nc1ccc(N=Nc2ccc(N=Nc3ccc(C(F)(F)F)cc3)cc2)cc1.O=S(=O)([O-])CNc1ccc(N=Nc2ccc(N=Nc3ccc(C(F)(F)F)cc3)cc2)cc1.O=S(=O)([O-])CNc1ccccc1.[Na+].[Na+]. The Morgan fingerprint density at radius 3 is 0.623 bits per heavy atom. The second kappa shape index (κ2) is 47.0. The fourth-order valence-corrected chi connectivity index (χ4v) is 9.72. The molecular weight excluding hydrogens is 1680 g/mol. The van der Waals surface area contributed by atoms with Crippen molar-refractivity contribution in [1.82, 2.24) is 0 Å². The molecule has 12 rings (SSSR count). The number of ketones is 1. The van der Waals surface area contributed by atoms with Gasteiger partial charge in [-0.15, -0.1) is 0 Å². The Morgan fingerprint density at radius 2 is 0.443 bits per heavy atom. The number of carbonyl (C=O) groups is 1. The quantitative estimate of drug-likeness (QED) is 0.0162. The number of azo groups is 7. The Balaban J connectivity index is 0.000000242. The molecule has 0 saturated carbocycles. The summed E-state index contributed by atoms with van der Waals surface area (Å²) < 4.78 is 212. The summed E-state index contributed by atoms with van der Waals surface area (Å²) >= 11 is 0. The molecule has 0 amide bonds. The van der Waals surface area contributed by atoms with E-state index in [0.717, 1.165) is 54.1 Å². The van der Waals surface area contributed by atoms with Crippen LogP contribution in [0, 0.1) is 0 Å². The topological polar surface area (TPSA) is 381 Å². The number of benzene rings is 12. The molecule has 0 saturated heterocycles. The predicted octanol–water partition coefficient (Wildman–Crippen LogP) is 20.5. The third-order valence-corrected chi connectivity index (χ3v) is 16.0. The maximum absolute atomic E-state index is 12.6. The number of nitrogen functional groups attached to an aromatic ring is 2. The second-order valence-electron chi connectivity index (χ2n) is 24.5. The molecule has 0 bridgehead atoms. The molecule has 0 aliphatic carbocycles. The number of alkyl halides is 12. The Hall–Kier alpha value is -12.3. The first-order chi connectivity index (χ1) is 56.8. The van der Waals surface area contributed by atoms with Crippen molar-refractivity contribution in [3.8, 4) is 0 Å². The van der Waals surface area contributed by atoms with Crippen LogP contribution in [0.1, 0.15) is 34.7 Å². The Kier molecular flexibility index (Phi) is 38.0. The van der Waals surface area contributed by atoms with E-state index >= 15 is 0 Å². The van der Waals surface area contributed by atoms with E-state index in [-0.39, 0.29) is 70.6 Å². The van der Waals surface area contributed by atoms with Gasteiger partial charge in [0.1, 0.15) is 37.8 Å². The summed E-state index contributed by atoms with van der Waals surface area (Å²) in [7, 11) is -8.55. The Bertz CT molecular complexity index is 5750. The van der Waals surface area contributed by atoms with Crippen molar-refractivity contribution in [3.05, 3.63) is 325 Å². The van der Waals surface area contributed by atoms with Gasteiger partial charge in [0.15, 0.2) is 0 Å². The number of Topliss-reactive ketones (excluding diaryl/α,β-unsaturated/α-hetero) is 1. The van der Waals surface area contributed by atoms with Crippen LogP contribution in [0.5, 0.6) is 0 Å². The van der Waals surface area contributed by atoms with E-state index < -0.39 is 78.9 Å². The van der Waals surface area contributed by atoms with Crippen LogP contribution in [-0.2, 0) is 56.2 Å². The minimum absolute atomic E-state index is 0. The van der Waals surface area contributed by atoms with Crippen molar-refractivity contribution in [1.29, 1.82) is 0 Å². The molecule has 122 heavy (non-hydrogen) atoms. The summed E-state index contributed by atoms with van der Waals surface area (Å²) in [5.41, 5.74) is 18.5. The number of hydrogen-bond donors (Lipinski definition) is 4. The molecule has 12 aromatic rings. The van der Waals surface area contributed by atoms with Gasteiger partial charge >= 0.3 is 83.8 Å². The van der Waals surface area contributed by atoms with Gasteiger partial charge in [0.2, 0.25) is 0 Å². The average Bonchev–Trinajstić information content (AvgIpc) is 0.860. The zero-order chi connectivity index (χ0) is 86.9. The monoisotopic (exact) mass is 1740 g/mol. The molecule has 0 aliphatic rings. The molecule has 6 N–H and O–H groups in total. The summed E-state index contributed by atoms with van der Waals surface area (Å²) in [4.78, 5) is 11.1. The van der Waals surface area contributed by atoms with Gasteiger partial charge in [-0.05, 0) is 279 Å². The maximum atomic E-state index is 12.6. The smallest absolute Gasteiger partial charge is 0.747 e. The van der Waals surface area contributed by atoms with Gasteiger partial charge < -0.3 is 31.2 Å². The third-order valence-electron chi connectivity index (χ3n) is 15.0. The van der Waals surface area contributed by atoms with E-state index in [9.17, 15) is 83.4 Å². The molecule has 0 spiro atoms. The van der Waals surface area contributed by atoms with Crippen LogP contribution in [0.2, 0.25) is 0 Å². The summed E-state index contributed by atoms with van der Waals surface area (Å²) in [5.74, 6) is -1.19. The average molecular weight is 1740 g/mol. The van der Waals surface area contributed by atoms with E-state index in [1.165, 1.54) is 48.5 Å². The number of hydrogen-bond acceptors (Lipinski definition) is 25. The molecule has 0 radical (unpaired) electrons. The van der Waals surface area contributed by atoms with Gasteiger partial charge in [0.25, 0.3) is 0 Å². The standard InChI is InChI=1S/C22H17F3N4O.C20H16F3N5O3S.C19H14F3N5.C13H10F3N3.C7H9NO3S.2Na/c1-15(30)14-16-2-6-18(7-3-16)26-28-20-10-12-21(13-11-20)29-27-19-8-4-17(5-9-19)22(23,24)25;21-20(22,23)14-1-3-16(4-2-14)25-27-18-9-11-19(12-10-18)28-26-17-7-5-15(6-8-17)24-13-32(29,30)31;20-19(21,22)13-1-5-15(6-2-13)24-26-17-9-11-18(12-10-17)27-25-16-7-3-14(23)4-8-16;14-13(15,16)9-1-5-11(6-2-9)18-19-12-7-3-10(17)4-8-12;9-12(10,11)6-8-7-4-2-1-3-5-7;;/h2-13H,14H2,1H3;1-12,24H,13H2,(H,29,30,31);1-12H,23H2;1-8H,17H2;1-5,8H,6H2,(H,9,10,11);;/q;;;;;2*+1/p-2. The first kappa shape index (κ1) is 98.5. The van der Waals surface area contributed by atoms with Crippen LogP contribution in [-0.4, -0.2) is 43.5 Å². The predicted molar refractivity (Wildman–Crippen MR) is 426 cm³/mol. The van der Waals surface area contributed by atoms with Crippen molar-refractivity contribution in [2.45, 2.75) is 38.0 Å². The van der Waals surface area contributed by atoms with Crippen LogP contribution in [0.4, 0.5) is 155 Å². The van der Waals surface area contributed by atoms with Gasteiger partial charge in [-0.1, -0.05) is 30.3 Å². The third kappa shape index (κ3) is 37.5. The van der Waals surface area contributed by atoms with Crippen molar-refractivity contribution in [2.24, 2.45) is 71.6 Å². The summed E-state index contributed by atoms with van der Waals surface area (Å²) in [5, 5.41) is 61.0. The molecule has 0 fully saturated rings. The van der Waals surface area contributed by atoms with Crippen molar-refractivity contribution >= 4 is 128 Å². The fraction of sp³-hybridized carbons (Fsp3) is 0.0988. The molecule has 41 heteroatoms. The van der Waals surface area contributed by atoms with Crippen LogP contribution in [0.3, 0.4) is 0 Å². The summed E-state index contributed by atoms with van der Waals surface area (Å²) in [6.07, 6.45) is -17.1. The van der Waals surface area contributed by atoms with Crippen LogP contribution in [0.25, 0.3) is 0 Å². The largest absolute Gasteiger partial charge is 1.00 e. The number of anilines is 4. The normalized spacial score (nSPS) is 11.9. The van der Waals surface area contributed by atoms with E-state index in [2.05, 4.69) is 82.2 Å². The van der Waals surface area contributed by atoms with Crippen LogP contribution in [0.15, 0.2) is 369 Å². The van der Waals surface area contributed by atoms with Crippen molar-refractivity contribution < 1.29 is 143 Å². The molecule has 0 atom stereocenters. The number of halogens is 12. The van der Waals surface area contributed by atoms with Crippen molar-refractivity contribution in [2.75, 3.05) is 33.9 Å². The number of nitrogens with two attached hydrogens (primary N) is 2. The second-order valence-corrected chi connectivity index (χ2v) is 27.3. The molecule has 0 aromatic heterocycles. The molecule has 0 aliphatic heterocycles. The van der Waals surface area contributed by atoms with Crippen LogP contribution < -0.4 is 81.2 Å². The first-order valence-corrected chi connectivity index (χ1v) is 37.7. The minimum atomic E-state index is -4.40. The van der Waals surface area contributed by atoms with Gasteiger partial charge in [0, 0.05) is 29.2 Å². The Labute approximate surface area is 734 Å². The van der Waals surface area contributed by atoms with Gasteiger partial charge in [-0.2, -0.15) is 124 Å². The van der Waals surface area contributed by atoms with Gasteiger partial charge in [0.05, 0.1) is 102 Å². The number of nitrogens with one attached hydrogen (secondary N) is 2. The van der Waals surface area contributed by atoms with E-state index in [0.29, 0.717) is 103 Å². The Morgan fingerprint density at radius 1 is 0.279 bits per heavy atom. The molecule has 0 heterocycles. The van der Waals surface area contributed by atoms with Gasteiger partial charge in [-0.3, -0.25) is 4.79 Å². The zero-order valence-corrected chi connectivity index (χ0v) is 69.7. The van der Waals surface area contributed by atoms with Gasteiger partial charge in [-0.25, -0.2) is 16.8 Å². The number of carbonyl (C=O) groups excluding carboxylic acids is 1. The number of para-hydroxylation sites is 1. The van der Waals surface area contributed by atoms with Crippen molar-refractivity contribution in [3.63, 3.8) is 0 Å². The summed E-state index contributed by atoms with van der Waals surface area (Å²) in [6, 6.07) is 73.7. The maximum Gasteiger partial charge on any atom is 1.00 e. The molecular formula is C81H64F12N18Na2O7S2. The van der Waals surface area contributed by atoms with E-state index in [4.69, 9.17) is 11.5 Å². The minimum Gasteiger partial charge on any atom is -0.747 e. The molecule has 12 aromatic carbocycles. The molecule has 618 valence electrons. The number of nitrogens with zero attached hydrogens (tertiary/aromatic N) is 14. The number of rotatable bonds is 22. The van der Waals surface area contributed by atoms with E-state index in [1.54, 1.807) is 195 Å². The zero-order valence-electron chi connectivity index (χ0n) is 64.0. The van der Waals surface area contributed by atoms with Crippen LogP contribution >= 0.6 is 0 Å². The first-order valence-electron chi connectivity index (χ1n) is 34.5. The molecule has 25 nitrogen and oxygen atoms in total. The summed E-state index contributed by atoms with van der Waals surface area (Å²) in [6.45, 7) is 1.54. The van der Waals surface area contributed by atoms with E-state index in [1.807, 2.05) is 12.1 Å². The fourth-order valence-electron chi connectivity index (χ4n) is 9.03.